The number of hydrogen-bond acceptors (Lipinski definition) is 6. The Kier molecular flexibility index (Phi) is 3.62. The molecule has 0 aliphatic carbocycles. The molecule has 1 aromatic carbocycles. The SMILES string of the molecule is COc1c(-c2cc(N)on2)cc(Cl)c(C=O)c1OC. The van der Waals surface area contributed by atoms with Crippen LogP contribution < -0.4 is 15.2 Å². The Bertz CT molecular complexity index is 624. The average molecular weight is 283 g/mol. The van der Waals surface area contributed by atoms with E-state index in [1.54, 1.807) is 6.07 Å². The van der Waals surface area contributed by atoms with Gasteiger partial charge in [-0.2, -0.15) is 0 Å². The van der Waals surface area contributed by atoms with E-state index in [0.29, 0.717) is 23.3 Å². The van der Waals surface area contributed by atoms with E-state index in [1.165, 1.54) is 20.3 Å². The third kappa shape index (κ3) is 2.22. The smallest absolute Gasteiger partial charge is 0.222 e. The molecule has 0 aliphatic rings. The first kappa shape index (κ1) is 13.2. The minimum atomic E-state index is 0.159. The number of nitrogen functional groups attached to an aromatic ring is 1. The summed E-state index contributed by atoms with van der Waals surface area (Å²) in [6, 6.07) is 3.07. The number of nitrogens with zero attached hydrogens (tertiary/aromatic N) is 1. The summed E-state index contributed by atoms with van der Waals surface area (Å²) in [7, 11) is 2.87. The average Bonchev–Trinajstić information content (AvgIpc) is 2.83. The molecule has 6 nitrogen and oxygen atoms in total. The van der Waals surface area contributed by atoms with Crippen LogP contribution in [0.25, 0.3) is 11.3 Å². The van der Waals surface area contributed by atoms with Gasteiger partial charge in [-0.3, -0.25) is 4.79 Å². The topological polar surface area (TPSA) is 87.6 Å². The van der Waals surface area contributed by atoms with Crippen molar-refractivity contribution < 1.29 is 18.8 Å². The Balaban J connectivity index is 2.74. The van der Waals surface area contributed by atoms with Crippen LogP contribution in [0.15, 0.2) is 16.7 Å². The second-order valence-corrected chi connectivity index (χ2v) is 4.03. The van der Waals surface area contributed by atoms with Crippen molar-refractivity contribution in [3.05, 3.63) is 22.7 Å². The minimum Gasteiger partial charge on any atom is -0.492 e. The van der Waals surface area contributed by atoms with E-state index in [-0.39, 0.29) is 22.2 Å². The second-order valence-electron chi connectivity index (χ2n) is 3.62. The van der Waals surface area contributed by atoms with Gasteiger partial charge >= 0.3 is 0 Å². The maximum atomic E-state index is 11.1. The van der Waals surface area contributed by atoms with Crippen molar-refractivity contribution in [2.75, 3.05) is 20.0 Å². The lowest BCUT2D eigenvalue weighted by molar-refractivity contribution is 0.112. The highest BCUT2D eigenvalue weighted by atomic mass is 35.5. The van der Waals surface area contributed by atoms with E-state index in [0.717, 1.165) is 0 Å². The Morgan fingerprint density at radius 1 is 1.32 bits per heavy atom. The molecule has 2 aromatic rings. The molecule has 0 radical (unpaired) electrons. The number of anilines is 1. The van der Waals surface area contributed by atoms with Crippen LogP contribution in [0.1, 0.15) is 10.4 Å². The predicted molar refractivity (Wildman–Crippen MR) is 69.9 cm³/mol. The number of halogens is 1. The van der Waals surface area contributed by atoms with Gasteiger partial charge in [0.05, 0.1) is 30.4 Å². The lowest BCUT2D eigenvalue weighted by Gasteiger charge is -2.14. The second kappa shape index (κ2) is 5.19. The number of benzene rings is 1. The maximum absolute atomic E-state index is 11.1. The molecule has 0 saturated carbocycles. The number of carbonyl (C=O) groups is 1. The molecule has 100 valence electrons. The molecule has 7 heteroatoms. The van der Waals surface area contributed by atoms with Crippen molar-refractivity contribution in [1.29, 1.82) is 0 Å². The monoisotopic (exact) mass is 282 g/mol. The summed E-state index contributed by atoms with van der Waals surface area (Å²) in [5.74, 6) is 0.732. The van der Waals surface area contributed by atoms with E-state index in [9.17, 15) is 4.79 Å². The largest absolute Gasteiger partial charge is 0.492 e. The number of methoxy groups -OCH3 is 2. The molecule has 1 heterocycles. The lowest BCUT2D eigenvalue weighted by atomic mass is 10.1. The first-order valence-corrected chi connectivity index (χ1v) is 5.62. The van der Waals surface area contributed by atoms with Crippen molar-refractivity contribution in [2.24, 2.45) is 0 Å². The molecule has 19 heavy (non-hydrogen) atoms. The lowest BCUT2D eigenvalue weighted by Crippen LogP contribution is -1.99. The third-order valence-corrected chi connectivity index (χ3v) is 2.87. The van der Waals surface area contributed by atoms with Gasteiger partial charge in [-0.1, -0.05) is 16.8 Å². The highest BCUT2D eigenvalue weighted by Gasteiger charge is 2.21. The highest BCUT2D eigenvalue weighted by molar-refractivity contribution is 6.33. The van der Waals surface area contributed by atoms with Gasteiger partial charge in [0.25, 0.3) is 0 Å². The number of ether oxygens (including phenoxy) is 2. The normalized spacial score (nSPS) is 10.3. The van der Waals surface area contributed by atoms with Crippen LogP contribution >= 0.6 is 11.6 Å². The van der Waals surface area contributed by atoms with Gasteiger partial charge in [-0.05, 0) is 6.07 Å². The molecule has 0 amide bonds. The van der Waals surface area contributed by atoms with Crippen molar-refractivity contribution in [2.45, 2.75) is 0 Å². The van der Waals surface area contributed by atoms with Gasteiger partial charge in [-0.25, -0.2) is 0 Å². The fourth-order valence-electron chi connectivity index (χ4n) is 1.74. The van der Waals surface area contributed by atoms with Crippen LogP contribution in [0, 0.1) is 0 Å². The summed E-state index contributed by atoms with van der Waals surface area (Å²) in [5.41, 5.74) is 6.65. The molecule has 0 unspecified atom stereocenters. The van der Waals surface area contributed by atoms with Crippen LogP contribution in [0.5, 0.6) is 11.5 Å². The van der Waals surface area contributed by atoms with E-state index >= 15 is 0 Å². The van der Waals surface area contributed by atoms with E-state index in [2.05, 4.69) is 5.16 Å². The summed E-state index contributed by atoms with van der Waals surface area (Å²) < 4.78 is 15.2. The Hall–Kier alpha value is -2.21. The molecular formula is C12H11ClN2O4. The number of aromatic nitrogens is 1. The Labute approximate surface area is 114 Å². The fourth-order valence-corrected chi connectivity index (χ4v) is 1.98. The van der Waals surface area contributed by atoms with Gasteiger partial charge in [0.2, 0.25) is 5.88 Å². The van der Waals surface area contributed by atoms with Crippen molar-refractivity contribution >= 4 is 23.8 Å². The molecular weight excluding hydrogens is 272 g/mol. The maximum Gasteiger partial charge on any atom is 0.222 e. The first-order valence-electron chi connectivity index (χ1n) is 5.24. The number of carbonyl (C=O) groups excluding carboxylic acids is 1. The van der Waals surface area contributed by atoms with E-state index in [1.807, 2.05) is 0 Å². The number of hydrogen-bond donors (Lipinski definition) is 1. The Morgan fingerprint density at radius 3 is 2.47 bits per heavy atom. The van der Waals surface area contributed by atoms with Gasteiger partial charge in [0.1, 0.15) is 5.69 Å². The standard InChI is InChI=1S/C12H11ClN2O4/c1-17-11-6(9-4-10(14)19-15-9)3-8(13)7(5-16)12(11)18-2/h3-5H,14H2,1-2H3. The van der Waals surface area contributed by atoms with Crippen molar-refractivity contribution in [1.82, 2.24) is 5.16 Å². The van der Waals surface area contributed by atoms with Gasteiger partial charge < -0.3 is 19.7 Å². The number of nitrogens with two attached hydrogens (primary N) is 1. The summed E-state index contributed by atoms with van der Waals surface area (Å²) in [5, 5.41) is 4.01. The summed E-state index contributed by atoms with van der Waals surface area (Å²) in [4.78, 5) is 11.1. The summed E-state index contributed by atoms with van der Waals surface area (Å²) >= 11 is 6.04. The van der Waals surface area contributed by atoms with E-state index in [4.69, 9.17) is 31.3 Å². The van der Waals surface area contributed by atoms with Crippen molar-refractivity contribution in [3.8, 4) is 22.8 Å². The Morgan fingerprint density at radius 2 is 2.00 bits per heavy atom. The van der Waals surface area contributed by atoms with E-state index < -0.39 is 0 Å². The molecule has 0 fully saturated rings. The van der Waals surface area contributed by atoms with Crippen LogP contribution in [-0.4, -0.2) is 25.7 Å². The summed E-state index contributed by atoms with van der Waals surface area (Å²) in [6.45, 7) is 0. The zero-order valence-electron chi connectivity index (χ0n) is 10.3. The van der Waals surface area contributed by atoms with Crippen LogP contribution in [0.2, 0.25) is 5.02 Å². The molecule has 0 aliphatic heterocycles. The number of rotatable bonds is 4. The molecule has 0 atom stereocenters. The molecule has 1 aromatic heterocycles. The molecule has 2 rings (SSSR count). The molecule has 2 N–H and O–H groups in total. The zero-order chi connectivity index (χ0) is 14.0. The summed E-state index contributed by atoms with van der Waals surface area (Å²) in [6.07, 6.45) is 0.602. The first-order chi connectivity index (χ1) is 9.12. The minimum absolute atomic E-state index is 0.159. The van der Waals surface area contributed by atoms with Gasteiger partial charge in [0.15, 0.2) is 17.8 Å². The molecule has 0 spiro atoms. The quantitative estimate of drug-likeness (QED) is 0.866. The zero-order valence-corrected chi connectivity index (χ0v) is 11.0. The van der Waals surface area contributed by atoms with Crippen molar-refractivity contribution in [3.63, 3.8) is 0 Å². The van der Waals surface area contributed by atoms with Crippen LogP contribution in [-0.2, 0) is 0 Å². The van der Waals surface area contributed by atoms with Gasteiger partial charge in [0, 0.05) is 6.07 Å². The third-order valence-electron chi connectivity index (χ3n) is 2.55. The predicted octanol–water partition coefficient (Wildman–Crippen LogP) is 2.41. The van der Waals surface area contributed by atoms with Crippen LogP contribution in [0.3, 0.4) is 0 Å². The fraction of sp³-hybridized carbons (Fsp3) is 0.167. The molecule has 0 bridgehead atoms. The number of aldehydes is 1. The molecule has 0 saturated heterocycles. The van der Waals surface area contributed by atoms with Gasteiger partial charge in [-0.15, -0.1) is 0 Å². The highest BCUT2D eigenvalue weighted by Crippen LogP contribution is 2.43. The van der Waals surface area contributed by atoms with Crippen LogP contribution in [0.4, 0.5) is 5.88 Å².